The van der Waals surface area contributed by atoms with Crippen LogP contribution in [0.1, 0.15) is 24.0 Å². The summed E-state index contributed by atoms with van der Waals surface area (Å²) in [6.45, 7) is 1.20. The molecule has 0 aromatic heterocycles. The van der Waals surface area contributed by atoms with E-state index in [1.165, 1.54) is 0 Å². The summed E-state index contributed by atoms with van der Waals surface area (Å²) in [4.78, 5) is 13.9. The van der Waals surface area contributed by atoms with Gasteiger partial charge in [0.2, 0.25) is 5.91 Å². The molecule has 0 bridgehead atoms. The molecule has 0 saturated heterocycles. The third-order valence-corrected chi connectivity index (χ3v) is 3.85. The highest BCUT2D eigenvalue weighted by Crippen LogP contribution is 2.27. The first-order valence-corrected chi connectivity index (χ1v) is 6.79. The average Bonchev–Trinajstić information content (AvgIpc) is 2.37. The number of amides is 1. The molecule has 0 unspecified atom stereocenters. The van der Waals surface area contributed by atoms with Gasteiger partial charge in [-0.15, -0.1) is 0 Å². The molecule has 4 heteroatoms. The topological polar surface area (TPSA) is 66.6 Å². The molecule has 4 nitrogen and oxygen atoms in total. The molecule has 1 aliphatic rings. The molecule has 19 heavy (non-hydrogen) atoms. The molecule has 1 aromatic carbocycles. The fourth-order valence-electron chi connectivity index (χ4n) is 2.57. The Balaban J connectivity index is 1.89. The van der Waals surface area contributed by atoms with Crippen LogP contribution in [0, 0.1) is 5.92 Å². The molecular formula is C15H22N2O2. The van der Waals surface area contributed by atoms with Gasteiger partial charge in [-0.25, -0.2) is 0 Å². The summed E-state index contributed by atoms with van der Waals surface area (Å²) >= 11 is 0. The van der Waals surface area contributed by atoms with Crippen LogP contribution in [0.4, 0.5) is 0 Å². The number of nitrogens with two attached hydrogens (primary N) is 1. The lowest BCUT2D eigenvalue weighted by Crippen LogP contribution is -2.40. The molecule has 0 atom stereocenters. The minimum atomic E-state index is -0.161. The molecule has 0 spiro atoms. The van der Waals surface area contributed by atoms with E-state index in [-0.39, 0.29) is 12.0 Å². The van der Waals surface area contributed by atoms with Crippen molar-refractivity contribution in [1.29, 1.82) is 0 Å². The number of aliphatic hydroxyl groups is 1. The third kappa shape index (κ3) is 3.55. The number of nitrogens with zero attached hydrogens (tertiary/aromatic N) is 1. The van der Waals surface area contributed by atoms with Gasteiger partial charge in [-0.1, -0.05) is 24.3 Å². The van der Waals surface area contributed by atoms with Crippen molar-refractivity contribution in [3.05, 3.63) is 35.4 Å². The average molecular weight is 262 g/mol. The quantitative estimate of drug-likeness (QED) is 0.829. The summed E-state index contributed by atoms with van der Waals surface area (Å²) in [5, 5.41) is 9.26. The highest BCUT2D eigenvalue weighted by molar-refractivity contribution is 5.78. The van der Waals surface area contributed by atoms with E-state index in [4.69, 9.17) is 5.73 Å². The zero-order valence-electron chi connectivity index (χ0n) is 11.4. The van der Waals surface area contributed by atoms with Crippen molar-refractivity contribution < 1.29 is 9.90 Å². The van der Waals surface area contributed by atoms with Gasteiger partial charge < -0.3 is 15.7 Å². The summed E-state index contributed by atoms with van der Waals surface area (Å²) in [6.07, 6.45) is 1.87. The second kappa shape index (κ2) is 6.17. The summed E-state index contributed by atoms with van der Waals surface area (Å²) < 4.78 is 0. The Bertz CT molecular complexity index is 442. The minimum Gasteiger partial charge on any atom is -0.393 e. The van der Waals surface area contributed by atoms with Crippen molar-refractivity contribution in [2.75, 3.05) is 13.6 Å². The molecule has 1 saturated carbocycles. The molecule has 0 radical (unpaired) electrons. The Morgan fingerprint density at radius 3 is 2.58 bits per heavy atom. The summed E-state index contributed by atoms with van der Waals surface area (Å²) in [5.41, 5.74) is 7.72. The molecule has 104 valence electrons. The van der Waals surface area contributed by atoms with Gasteiger partial charge in [-0.05, 0) is 29.9 Å². The van der Waals surface area contributed by atoms with Crippen molar-refractivity contribution in [2.24, 2.45) is 11.7 Å². The maximum Gasteiger partial charge on any atom is 0.226 e. The Kier molecular flexibility index (Phi) is 4.56. The number of likely N-dealkylation sites (N-methyl/N-ethyl adjacent to an activating group) is 1. The summed E-state index contributed by atoms with van der Waals surface area (Å²) in [7, 11) is 1.83. The van der Waals surface area contributed by atoms with E-state index in [1.807, 2.05) is 31.3 Å². The fourth-order valence-corrected chi connectivity index (χ4v) is 2.57. The van der Waals surface area contributed by atoms with Crippen molar-refractivity contribution in [3.63, 3.8) is 0 Å². The van der Waals surface area contributed by atoms with Crippen molar-refractivity contribution in [1.82, 2.24) is 4.90 Å². The molecule has 1 aromatic rings. The largest absolute Gasteiger partial charge is 0.393 e. The zero-order valence-corrected chi connectivity index (χ0v) is 11.4. The van der Waals surface area contributed by atoms with E-state index >= 15 is 0 Å². The second-order valence-electron chi connectivity index (χ2n) is 5.42. The maximum absolute atomic E-state index is 12.2. The van der Waals surface area contributed by atoms with Crippen LogP contribution >= 0.6 is 0 Å². The molecule has 3 N–H and O–H groups in total. The van der Waals surface area contributed by atoms with E-state index in [0.717, 1.165) is 30.5 Å². The highest BCUT2D eigenvalue weighted by Gasteiger charge is 2.29. The lowest BCUT2D eigenvalue weighted by Gasteiger charge is -2.34. The van der Waals surface area contributed by atoms with E-state index in [9.17, 15) is 9.90 Å². The van der Waals surface area contributed by atoms with Gasteiger partial charge >= 0.3 is 0 Å². The van der Waals surface area contributed by atoms with Crippen molar-refractivity contribution in [2.45, 2.75) is 31.9 Å². The first-order valence-electron chi connectivity index (χ1n) is 6.79. The maximum atomic E-state index is 12.2. The van der Waals surface area contributed by atoms with Crippen LogP contribution < -0.4 is 5.73 Å². The Morgan fingerprint density at radius 2 is 2.00 bits per heavy atom. The van der Waals surface area contributed by atoms with Crippen LogP contribution in [0.5, 0.6) is 0 Å². The van der Waals surface area contributed by atoms with E-state index in [1.54, 1.807) is 4.90 Å². The standard InChI is InChI=1S/C15H22N2O2/c1-17(10-11-6-14(18)7-11)15(19)8-12-4-2-3-5-13(12)9-16/h2-5,11,14,18H,6-10,16H2,1H3. The highest BCUT2D eigenvalue weighted by atomic mass is 16.3. The summed E-state index contributed by atoms with van der Waals surface area (Å²) in [6, 6.07) is 7.80. The molecule has 1 fully saturated rings. The van der Waals surface area contributed by atoms with Crippen molar-refractivity contribution in [3.8, 4) is 0 Å². The van der Waals surface area contributed by atoms with Crippen molar-refractivity contribution >= 4 is 5.91 Å². The Labute approximate surface area is 114 Å². The molecule has 0 aliphatic heterocycles. The SMILES string of the molecule is CN(CC1CC(O)C1)C(=O)Cc1ccccc1CN. The van der Waals surface area contributed by atoms with E-state index in [0.29, 0.717) is 18.9 Å². The monoisotopic (exact) mass is 262 g/mol. The Morgan fingerprint density at radius 1 is 1.37 bits per heavy atom. The smallest absolute Gasteiger partial charge is 0.226 e. The van der Waals surface area contributed by atoms with E-state index in [2.05, 4.69) is 0 Å². The van der Waals surface area contributed by atoms with Crippen LogP contribution in [0.2, 0.25) is 0 Å². The van der Waals surface area contributed by atoms with Crippen LogP contribution in [-0.2, 0) is 17.8 Å². The van der Waals surface area contributed by atoms with Gasteiger partial charge in [0, 0.05) is 20.1 Å². The molecule has 1 aliphatic carbocycles. The normalized spacial score (nSPS) is 21.8. The van der Waals surface area contributed by atoms with Gasteiger partial charge in [0.15, 0.2) is 0 Å². The minimum absolute atomic E-state index is 0.113. The summed E-state index contributed by atoms with van der Waals surface area (Å²) in [5.74, 6) is 0.566. The lowest BCUT2D eigenvalue weighted by molar-refractivity contribution is -0.130. The van der Waals surface area contributed by atoms with Crippen LogP contribution in [-0.4, -0.2) is 35.6 Å². The first-order chi connectivity index (χ1) is 9.10. The van der Waals surface area contributed by atoms with E-state index < -0.39 is 0 Å². The number of rotatable bonds is 5. The predicted octanol–water partition coefficient (Wildman–Crippen LogP) is 0.917. The Hall–Kier alpha value is -1.39. The van der Waals surface area contributed by atoms with Gasteiger partial charge in [-0.2, -0.15) is 0 Å². The number of carbonyl (C=O) groups excluding carboxylic acids is 1. The van der Waals surface area contributed by atoms with Gasteiger partial charge in [0.05, 0.1) is 12.5 Å². The molecular weight excluding hydrogens is 240 g/mol. The molecule has 2 rings (SSSR count). The van der Waals surface area contributed by atoms with Gasteiger partial charge in [-0.3, -0.25) is 4.79 Å². The zero-order chi connectivity index (χ0) is 13.8. The predicted molar refractivity (Wildman–Crippen MR) is 74.4 cm³/mol. The number of hydrogen-bond acceptors (Lipinski definition) is 3. The number of aliphatic hydroxyl groups excluding tert-OH is 1. The van der Waals surface area contributed by atoms with Gasteiger partial charge in [0.1, 0.15) is 0 Å². The lowest BCUT2D eigenvalue weighted by atomic mass is 9.82. The fraction of sp³-hybridized carbons (Fsp3) is 0.533. The molecule has 1 amide bonds. The number of hydrogen-bond donors (Lipinski definition) is 2. The van der Waals surface area contributed by atoms with Crippen LogP contribution in [0.15, 0.2) is 24.3 Å². The van der Waals surface area contributed by atoms with Crippen LogP contribution in [0.25, 0.3) is 0 Å². The number of benzene rings is 1. The van der Waals surface area contributed by atoms with Gasteiger partial charge in [0.25, 0.3) is 0 Å². The number of carbonyl (C=O) groups is 1. The van der Waals surface area contributed by atoms with Crippen LogP contribution in [0.3, 0.4) is 0 Å². The molecule has 0 heterocycles. The first kappa shape index (κ1) is 14.0. The third-order valence-electron chi connectivity index (χ3n) is 3.85. The second-order valence-corrected chi connectivity index (χ2v) is 5.42.